The molecule has 1 aromatic rings. The minimum Gasteiger partial charge on any atom is -0.465 e. The van der Waals surface area contributed by atoms with Gasteiger partial charge in [-0.25, -0.2) is 13.2 Å². The number of hydrogen-bond donors (Lipinski definition) is 1. The lowest BCUT2D eigenvalue weighted by molar-refractivity contribution is 0.0600. The molecule has 1 saturated heterocycles. The molecule has 1 fully saturated rings. The van der Waals surface area contributed by atoms with Gasteiger partial charge < -0.3 is 10.5 Å². The smallest absolute Gasteiger partial charge is 0.337 e. The van der Waals surface area contributed by atoms with Crippen molar-refractivity contribution in [3.05, 3.63) is 29.8 Å². The molecular weight excluding hydrogens is 340 g/mol. The summed E-state index contributed by atoms with van der Waals surface area (Å²) in [5.74, 6) is -0.0164. The Morgan fingerprint density at radius 3 is 2.48 bits per heavy atom. The molecule has 2 rings (SSSR count). The number of piperidine rings is 1. The van der Waals surface area contributed by atoms with E-state index in [1.54, 1.807) is 0 Å². The van der Waals surface area contributed by atoms with Crippen LogP contribution in [0.15, 0.2) is 29.2 Å². The van der Waals surface area contributed by atoms with Gasteiger partial charge >= 0.3 is 5.97 Å². The number of nitrogens with two attached hydrogens (primary N) is 1. The van der Waals surface area contributed by atoms with E-state index in [0.717, 1.165) is 12.8 Å². The molecule has 2 atom stereocenters. The van der Waals surface area contributed by atoms with Gasteiger partial charge in [-0.2, -0.15) is 4.31 Å². The lowest BCUT2D eigenvalue weighted by Gasteiger charge is -2.36. The molecule has 0 amide bonds. The summed E-state index contributed by atoms with van der Waals surface area (Å²) in [6.07, 6.45) is 1.60. The van der Waals surface area contributed by atoms with Gasteiger partial charge in [0, 0.05) is 19.1 Å². The van der Waals surface area contributed by atoms with E-state index in [4.69, 9.17) is 5.73 Å². The van der Waals surface area contributed by atoms with Crippen LogP contribution in [-0.4, -0.2) is 44.9 Å². The second-order valence-electron chi connectivity index (χ2n) is 5.65. The van der Waals surface area contributed by atoms with Crippen molar-refractivity contribution in [3.8, 4) is 0 Å². The van der Waals surface area contributed by atoms with Gasteiger partial charge in [0.05, 0.1) is 17.6 Å². The molecule has 0 aromatic heterocycles. The van der Waals surface area contributed by atoms with Crippen LogP contribution in [0.2, 0.25) is 0 Å². The number of halogens is 1. The molecule has 0 radical (unpaired) electrons. The Bertz CT molecular complexity index is 633. The fourth-order valence-corrected chi connectivity index (χ4v) is 4.44. The summed E-state index contributed by atoms with van der Waals surface area (Å²) < 4.78 is 31.6. The third-order valence-electron chi connectivity index (χ3n) is 4.08. The number of nitrogens with zero attached hydrogens (tertiary/aromatic N) is 1. The Balaban J connectivity index is 0.00000264. The number of sulfonamides is 1. The van der Waals surface area contributed by atoms with E-state index < -0.39 is 16.0 Å². The molecule has 1 aliphatic heterocycles. The first kappa shape index (κ1) is 19.9. The Hall–Kier alpha value is -1.15. The monoisotopic (exact) mass is 362 g/mol. The normalized spacial score (nSPS) is 22.2. The highest BCUT2D eigenvalue weighted by Gasteiger charge is 2.34. The first-order valence-corrected chi connectivity index (χ1v) is 8.74. The number of benzene rings is 1. The van der Waals surface area contributed by atoms with Crippen molar-refractivity contribution in [1.82, 2.24) is 4.31 Å². The molecule has 2 N–H and O–H groups in total. The third-order valence-corrected chi connectivity index (χ3v) is 6.04. The molecule has 130 valence electrons. The van der Waals surface area contributed by atoms with Crippen molar-refractivity contribution >= 4 is 28.4 Å². The van der Waals surface area contributed by atoms with Crippen LogP contribution in [0.5, 0.6) is 0 Å². The van der Waals surface area contributed by atoms with Gasteiger partial charge in [-0.3, -0.25) is 0 Å². The topological polar surface area (TPSA) is 89.7 Å². The lowest BCUT2D eigenvalue weighted by atomic mass is 9.94. The minimum absolute atomic E-state index is 0. The quantitative estimate of drug-likeness (QED) is 0.822. The molecule has 0 saturated carbocycles. The number of methoxy groups -OCH3 is 1. The van der Waals surface area contributed by atoms with Crippen molar-refractivity contribution in [2.45, 2.75) is 30.7 Å². The van der Waals surface area contributed by atoms with E-state index in [-0.39, 0.29) is 23.3 Å². The zero-order valence-corrected chi connectivity index (χ0v) is 14.9. The fourth-order valence-electron chi connectivity index (χ4n) is 2.78. The zero-order valence-electron chi connectivity index (χ0n) is 13.3. The summed E-state index contributed by atoms with van der Waals surface area (Å²) >= 11 is 0. The number of carbonyl (C=O) groups is 1. The van der Waals surface area contributed by atoms with Crippen LogP contribution in [0.3, 0.4) is 0 Å². The Kier molecular flexibility index (Phi) is 7.01. The minimum atomic E-state index is -3.59. The molecule has 0 aliphatic carbocycles. The molecule has 1 heterocycles. The second-order valence-corrected chi connectivity index (χ2v) is 7.54. The number of esters is 1. The predicted molar refractivity (Wildman–Crippen MR) is 90.2 cm³/mol. The average Bonchev–Trinajstić information content (AvgIpc) is 2.53. The first-order valence-electron chi connectivity index (χ1n) is 7.30. The standard InChI is InChI=1S/C15H22N2O4S.ClH/c1-11-7-8-17(13(9-11)10-16)22(19,20)14-5-3-12(4-6-14)15(18)21-2;/h3-6,11,13H,7-10,16H2,1-2H3;1H. The van der Waals surface area contributed by atoms with Gasteiger partial charge in [-0.1, -0.05) is 6.92 Å². The Morgan fingerprint density at radius 2 is 1.96 bits per heavy atom. The largest absolute Gasteiger partial charge is 0.465 e. The molecule has 8 heteroatoms. The number of hydrogen-bond acceptors (Lipinski definition) is 5. The number of carbonyl (C=O) groups excluding carboxylic acids is 1. The summed E-state index contributed by atoms with van der Waals surface area (Å²) in [5, 5.41) is 0. The van der Waals surface area contributed by atoms with Gasteiger partial charge in [0.2, 0.25) is 10.0 Å². The molecule has 23 heavy (non-hydrogen) atoms. The highest BCUT2D eigenvalue weighted by atomic mass is 35.5. The van der Waals surface area contributed by atoms with Crippen LogP contribution < -0.4 is 5.73 Å². The third kappa shape index (κ3) is 4.23. The maximum absolute atomic E-state index is 12.8. The van der Waals surface area contributed by atoms with Crippen LogP contribution in [0, 0.1) is 5.92 Å². The van der Waals surface area contributed by atoms with Crippen molar-refractivity contribution in [2.75, 3.05) is 20.2 Å². The van der Waals surface area contributed by atoms with Gasteiger partial charge in [-0.05, 0) is 43.0 Å². The van der Waals surface area contributed by atoms with Gasteiger partial charge in [0.25, 0.3) is 0 Å². The predicted octanol–water partition coefficient (Wildman–Crippen LogP) is 1.64. The summed E-state index contributed by atoms with van der Waals surface area (Å²) in [6.45, 7) is 2.89. The van der Waals surface area contributed by atoms with E-state index in [0.29, 0.717) is 24.6 Å². The highest BCUT2D eigenvalue weighted by Crippen LogP contribution is 2.28. The van der Waals surface area contributed by atoms with E-state index in [1.165, 1.54) is 35.7 Å². The van der Waals surface area contributed by atoms with Crippen molar-refractivity contribution < 1.29 is 17.9 Å². The molecule has 6 nitrogen and oxygen atoms in total. The van der Waals surface area contributed by atoms with Crippen LogP contribution in [0.4, 0.5) is 0 Å². The number of rotatable bonds is 4. The molecule has 0 bridgehead atoms. The summed E-state index contributed by atoms with van der Waals surface area (Å²) in [5.41, 5.74) is 6.07. The number of ether oxygens (including phenoxy) is 1. The van der Waals surface area contributed by atoms with Gasteiger partial charge in [0.1, 0.15) is 0 Å². The van der Waals surface area contributed by atoms with Gasteiger partial charge in [-0.15, -0.1) is 12.4 Å². The van der Waals surface area contributed by atoms with Crippen LogP contribution in [0.1, 0.15) is 30.1 Å². The van der Waals surface area contributed by atoms with Crippen LogP contribution in [0.25, 0.3) is 0 Å². The zero-order chi connectivity index (χ0) is 16.3. The first-order chi connectivity index (χ1) is 10.4. The molecule has 1 aliphatic rings. The molecule has 0 spiro atoms. The van der Waals surface area contributed by atoms with E-state index in [9.17, 15) is 13.2 Å². The SMILES string of the molecule is COC(=O)c1ccc(S(=O)(=O)N2CCC(C)CC2CN)cc1.Cl. The maximum Gasteiger partial charge on any atom is 0.337 e. The Labute approximate surface area is 143 Å². The second kappa shape index (κ2) is 8.10. The maximum atomic E-state index is 12.8. The Morgan fingerprint density at radius 1 is 1.35 bits per heavy atom. The molecule has 2 unspecified atom stereocenters. The summed E-state index contributed by atoms with van der Waals surface area (Å²) in [7, 11) is -2.31. The van der Waals surface area contributed by atoms with E-state index >= 15 is 0 Å². The van der Waals surface area contributed by atoms with Crippen LogP contribution in [-0.2, 0) is 14.8 Å². The lowest BCUT2D eigenvalue weighted by Crippen LogP contribution is -2.49. The molecular formula is C15H23ClN2O4S. The van der Waals surface area contributed by atoms with Crippen molar-refractivity contribution in [2.24, 2.45) is 11.7 Å². The van der Waals surface area contributed by atoms with Crippen molar-refractivity contribution in [1.29, 1.82) is 0 Å². The average molecular weight is 363 g/mol. The summed E-state index contributed by atoms with van der Waals surface area (Å²) in [6, 6.07) is 5.63. The van der Waals surface area contributed by atoms with E-state index in [2.05, 4.69) is 11.7 Å². The fraction of sp³-hybridized carbons (Fsp3) is 0.533. The van der Waals surface area contributed by atoms with Gasteiger partial charge in [0.15, 0.2) is 0 Å². The summed E-state index contributed by atoms with van der Waals surface area (Å²) in [4.78, 5) is 11.6. The molecule has 1 aromatic carbocycles. The van der Waals surface area contributed by atoms with Crippen LogP contribution >= 0.6 is 12.4 Å². The van der Waals surface area contributed by atoms with Crippen molar-refractivity contribution in [3.63, 3.8) is 0 Å². The highest BCUT2D eigenvalue weighted by molar-refractivity contribution is 7.89. The van der Waals surface area contributed by atoms with E-state index in [1.807, 2.05) is 0 Å².